The summed E-state index contributed by atoms with van der Waals surface area (Å²) in [7, 11) is 11.6. The number of hydrogen-bond acceptors (Lipinski definition) is 12. The van der Waals surface area contributed by atoms with Crippen LogP contribution in [0.2, 0.25) is 5.54 Å². The minimum Gasteiger partial charge on any atom is -0.465 e. The molecule has 5 aliphatic rings. The van der Waals surface area contributed by atoms with Crippen molar-refractivity contribution in [3.05, 3.63) is 52.7 Å². The molecule has 1 aliphatic carbocycles. The second kappa shape index (κ2) is 20.1. The summed E-state index contributed by atoms with van der Waals surface area (Å²) in [6.07, 6.45) is 7.71. The largest absolute Gasteiger partial charge is 0.465 e. The van der Waals surface area contributed by atoms with Crippen molar-refractivity contribution in [3.63, 3.8) is 0 Å². The fraction of sp³-hybridized carbons (Fsp3) is 0.604. The summed E-state index contributed by atoms with van der Waals surface area (Å²) >= 11 is 1.71. The van der Waals surface area contributed by atoms with E-state index in [0.717, 1.165) is 90.4 Å². The molecule has 4 aliphatic heterocycles. The predicted octanol–water partition coefficient (Wildman–Crippen LogP) is 5.49. The van der Waals surface area contributed by atoms with Gasteiger partial charge in [-0.25, -0.2) is 0 Å². The molecule has 1 saturated carbocycles. The van der Waals surface area contributed by atoms with E-state index in [1.807, 2.05) is 12.4 Å². The molecule has 6 heterocycles. The molecule has 1 unspecified atom stereocenters. The number of rotatable bonds is 9. The fourth-order valence-electron chi connectivity index (χ4n) is 10.0. The minimum absolute atomic E-state index is 0.0309. The van der Waals surface area contributed by atoms with E-state index in [1.54, 1.807) is 30.9 Å². The summed E-state index contributed by atoms with van der Waals surface area (Å²) in [4.78, 5) is 58.8. The van der Waals surface area contributed by atoms with Gasteiger partial charge in [0.05, 0.1) is 68.8 Å². The normalized spacial score (nSPS) is 26.6. The van der Waals surface area contributed by atoms with Crippen LogP contribution in [0.25, 0.3) is 27.9 Å². The van der Waals surface area contributed by atoms with Crippen LogP contribution in [0.15, 0.2) is 40.9 Å². The number of carbonyl (C=O) groups excluding carboxylic acids is 3. The standard InChI is InChI=1S/C48H66N9O5SSi2/c1-9-56-38-15-13-30-21-34(38)37(43(56)35-22-32(26-50-42(35)29(2)61-8)55-19-17-53(6)18-20-55)24-48(3,4)28-62-47(60)40-11-10-16-57(52-65-40)46(59)36(23-41-54(7)39(30)27-63-41)45(64)51-44(58)33-14-12-31(33)25-49-5/h13,15,21-22,25-27,29,31,33,36,40-41,45,52H,9-12,14,16-20,23-24,28H2,1-8H3,(H,51,58)/t29-,31+,33-,36+,40-,41?,45+/m0/s1. The van der Waals surface area contributed by atoms with Crippen LogP contribution in [0.3, 0.4) is 0 Å². The Balaban J connectivity index is 1.21. The SMILES string of the molecule is CCn1c(-c2cc(N3CCN(C)CC3)cnc2[C@H](C)OC)c2c3cc(ccc31)C1=CSC(C[C@H]([C@@H]([Si])NC(=O)[C@H]3CC[C@@H]3C=NC)C(=O)N3CCC[C@H]([Si]N3)C(=O)OCC(C)(C)C2)N1C. The van der Waals surface area contributed by atoms with E-state index in [-0.39, 0.29) is 62.9 Å². The van der Waals surface area contributed by atoms with E-state index in [0.29, 0.717) is 32.2 Å². The molecule has 7 atom stereocenters. The number of nitrogens with zero attached hydrogens (tertiary/aromatic N) is 7. The van der Waals surface area contributed by atoms with Crippen molar-refractivity contribution in [1.29, 1.82) is 0 Å². The fourth-order valence-corrected chi connectivity index (χ4v) is 12.7. The molecular weight excluding hydrogens is 871 g/mol. The van der Waals surface area contributed by atoms with E-state index in [4.69, 9.17) is 14.5 Å². The Bertz CT molecular complexity index is 2310. The van der Waals surface area contributed by atoms with Crippen LogP contribution in [-0.2, 0) is 36.8 Å². The van der Waals surface area contributed by atoms with Crippen molar-refractivity contribution in [2.45, 2.75) is 95.4 Å². The minimum atomic E-state index is -0.612. The third kappa shape index (κ3) is 9.87. The van der Waals surface area contributed by atoms with Gasteiger partial charge in [0.1, 0.15) is 0 Å². The van der Waals surface area contributed by atoms with Gasteiger partial charge in [0.25, 0.3) is 0 Å². The molecule has 65 heavy (non-hydrogen) atoms. The lowest BCUT2D eigenvalue weighted by atomic mass is 9.74. The molecular formula is C48H66N9O5SSi2. The van der Waals surface area contributed by atoms with Crippen LogP contribution >= 0.6 is 11.8 Å². The van der Waals surface area contributed by atoms with Gasteiger partial charge in [-0.2, -0.15) is 0 Å². The molecule has 14 nitrogen and oxygen atoms in total. The van der Waals surface area contributed by atoms with E-state index >= 15 is 0 Å². The predicted molar refractivity (Wildman–Crippen MR) is 262 cm³/mol. The Hall–Kier alpha value is -4.01. The molecule has 8 rings (SSSR count). The number of aryl methyl sites for hydroxylation is 1. The Labute approximate surface area is 395 Å². The number of cyclic esters (lactones) is 1. The molecule has 347 valence electrons. The smallest absolute Gasteiger partial charge is 0.307 e. The number of carbonyl (C=O) groups is 3. The summed E-state index contributed by atoms with van der Waals surface area (Å²) in [5.41, 5.74) is 7.19. The molecule has 0 spiro atoms. The summed E-state index contributed by atoms with van der Waals surface area (Å²) in [6.45, 7) is 13.9. The first-order valence-electron chi connectivity index (χ1n) is 23.3. The highest BCUT2D eigenvalue weighted by atomic mass is 32.2. The number of piperazine rings is 1. The summed E-state index contributed by atoms with van der Waals surface area (Å²) < 4.78 is 14.7. The zero-order chi connectivity index (χ0) is 46.2. The van der Waals surface area contributed by atoms with Crippen LogP contribution in [0.1, 0.15) is 82.7 Å². The molecule has 6 bridgehead atoms. The zero-order valence-corrected chi connectivity index (χ0v) is 42.2. The first-order valence-corrected chi connectivity index (χ1v) is 25.9. The number of hydrogen-bond donors (Lipinski definition) is 2. The molecule has 2 amide bonds. The Morgan fingerprint density at radius 1 is 1.15 bits per heavy atom. The number of thioether (sulfide) groups is 1. The molecule has 3 fully saturated rings. The van der Waals surface area contributed by atoms with Gasteiger partial charge in [0, 0.05) is 106 Å². The number of esters is 1. The zero-order valence-electron chi connectivity index (χ0n) is 39.4. The lowest BCUT2D eigenvalue weighted by molar-refractivity contribution is -0.146. The number of likely N-dealkylation sites (N-methyl/N-ethyl adjacent to an activating group) is 1. The summed E-state index contributed by atoms with van der Waals surface area (Å²) in [5, 5.41) is 11.5. The van der Waals surface area contributed by atoms with Gasteiger partial charge < -0.3 is 39.0 Å². The van der Waals surface area contributed by atoms with E-state index < -0.39 is 17.0 Å². The molecule has 2 aromatic heterocycles. The number of aliphatic imine (C=N–C) groups is 1. The van der Waals surface area contributed by atoms with E-state index in [1.165, 1.54) is 5.56 Å². The lowest BCUT2D eigenvalue weighted by Gasteiger charge is -2.37. The first-order chi connectivity index (χ1) is 31.2. The number of aromatic nitrogens is 2. The van der Waals surface area contributed by atoms with Gasteiger partial charge in [-0.3, -0.25) is 29.5 Å². The molecule has 2 saturated heterocycles. The van der Waals surface area contributed by atoms with Crippen molar-refractivity contribution in [1.82, 2.24) is 34.8 Å². The molecule has 1 aromatic carbocycles. The lowest BCUT2D eigenvalue weighted by Crippen LogP contribution is -2.55. The van der Waals surface area contributed by atoms with Crippen molar-refractivity contribution in [3.8, 4) is 11.3 Å². The number of ether oxygens (including phenoxy) is 2. The van der Waals surface area contributed by atoms with Crippen molar-refractivity contribution < 1.29 is 23.9 Å². The Morgan fingerprint density at radius 3 is 2.65 bits per heavy atom. The number of pyridine rings is 1. The molecule has 2 N–H and O–H groups in total. The van der Waals surface area contributed by atoms with Crippen LogP contribution in [0.4, 0.5) is 5.69 Å². The number of anilines is 1. The topological polar surface area (TPSA) is 137 Å². The van der Waals surface area contributed by atoms with Crippen molar-refractivity contribution >= 4 is 78.0 Å². The highest BCUT2D eigenvalue weighted by Gasteiger charge is 2.41. The van der Waals surface area contributed by atoms with Crippen LogP contribution in [-0.4, -0.2) is 147 Å². The van der Waals surface area contributed by atoms with E-state index in [9.17, 15) is 14.4 Å². The number of methoxy groups -OCH3 is 1. The summed E-state index contributed by atoms with van der Waals surface area (Å²) in [5.74, 6) is -1.09. The third-order valence-corrected chi connectivity index (χ3v) is 17.2. The maximum absolute atomic E-state index is 14.7. The van der Waals surface area contributed by atoms with Gasteiger partial charge in [-0.15, -0.1) is 11.8 Å². The monoisotopic (exact) mass is 936 g/mol. The Morgan fingerprint density at radius 2 is 1.94 bits per heavy atom. The van der Waals surface area contributed by atoms with Gasteiger partial charge in [0.15, 0.2) is 9.68 Å². The van der Waals surface area contributed by atoms with Crippen LogP contribution in [0, 0.1) is 23.2 Å². The van der Waals surface area contributed by atoms with Gasteiger partial charge in [-0.05, 0) is 94.2 Å². The quantitative estimate of drug-likeness (QED) is 0.160. The number of amides is 2. The maximum atomic E-state index is 14.7. The van der Waals surface area contributed by atoms with Crippen molar-refractivity contribution in [2.75, 3.05) is 72.5 Å². The highest BCUT2D eigenvalue weighted by molar-refractivity contribution is 8.03. The number of nitrogens with one attached hydrogen (secondary N) is 2. The average molecular weight is 937 g/mol. The van der Waals surface area contributed by atoms with Gasteiger partial charge >= 0.3 is 5.97 Å². The van der Waals surface area contributed by atoms with E-state index in [2.05, 4.69) is 116 Å². The second-order valence-corrected chi connectivity index (χ2v) is 22.2. The third-order valence-electron chi connectivity index (χ3n) is 14.2. The van der Waals surface area contributed by atoms with Crippen LogP contribution in [0.5, 0.6) is 0 Å². The van der Waals surface area contributed by atoms with Gasteiger partial charge in [0.2, 0.25) is 11.8 Å². The van der Waals surface area contributed by atoms with Crippen molar-refractivity contribution in [2.24, 2.45) is 28.2 Å². The molecule has 3 aromatic rings. The van der Waals surface area contributed by atoms with Gasteiger partial charge in [-0.1, -0.05) is 19.9 Å². The van der Waals surface area contributed by atoms with Crippen LogP contribution < -0.4 is 15.3 Å². The Kier molecular flexibility index (Phi) is 14.7. The molecule has 5 radical (unpaired) electrons. The average Bonchev–Trinajstić information content (AvgIpc) is 3.67. The first kappa shape index (κ1) is 47.5. The number of benzene rings is 1. The highest BCUT2D eigenvalue weighted by Crippen LogP contribution is 2.45. The second-order valence-electron chi connectivity index (χ2n) is 19.3. The maximum Gasteiger partial charge on any atom is 0.307 e. The molecule has 17 heteroatoms. The summed E-state index contributed by atoms with van der Waals surface area (Å²) in [6, 6.07) is 9.10. The number of hydrazine groups is 1. The number of fused-ring (bicyclic) bond motifs is 7.